The van der Waals surface area contributed by atoms with Gasteiger partial charge in [0.1, 0.15) is 11.3 Å². The van der Waals surface area contributed by atoms with Gasteiger partial charge in [-0.25, -0.2) is 4.79 Å². The molecule has 0 aromatic heterocycles. The molecule has 0 aliphatic carbocycles. The van der Waals surface area contributed by atoms with Gasteiger partial charge in [0.25, 0.3) is 5.91 Å². The predicted octanol–water partition coefficient (Wildman–Crippen LogP) is 2.36. The first-order chi connectivity index (χ1) is 12.6. The number of amides is 4. The van der Waals surface area contributed by atoms with E-state index < -0.39 is 18.2 Å². The standard InChI is InChI=1S/C18H23F2N3O4/c1-18(2)15(25)23(17(26)21-18)10-4-5-14(24)22(3)11-12-6-8-13(9-7-12)27-16(19)20/h6-9,16H,4-5,10-11H2,1-3H3,(H,21,26). The SMILES string of the molecule is CN(Cc1ccc(OC(F)F)cc1)C(=O)CCCN1C(=O)NC(C)(C)C1=O. The van der Waals surface area contributed by atoms with Gasteiger partial charge in [0.05, 0.1) is 0 Å². The lowest BCUT2D eigenvalue weighted by Gasteiger charge is -2.19. The number of hydrogen-bond acceptors (Lipinski definition) is 4. The zero-order valence-corrected chi connectivity index (χ0v) is 15.5. The van der Waals surface area contributed by atoms with E-state index in [0.29, 0.717) is 13.0 Å². The molecule has 4 amide bonds. The van der Waals surface area contributed by atoms with Gasteiger partial charge in [0.2, 0.25) is 5.91 Å². The van der Waals surface area contributed by atoms with Crippen LogP contribution in [0.5, 0.6) is 5.75 Å². The van der Waals surface area contributed by atoms with Gasteiger partial charge in [-0.05, 0) is 38.0 Å². The molecule has 9 heteroatoms. The molecule has 1 aromatic rings. The molecule has 1 fully saturated rings. The Hall–Kier alpha value is -2.71. The maximum atomic E-state index is 12.2. The maximum absolute atomic E-state index is 12.2. The Morgan fingerprint density at radius 3 is 2.41 bits per heavy atom. The van der Waals surface area contributed by atoms with Crippen molar-refractivity contribution in [2.45, 2.75) is 45.4 Å². The minimum Gasteiger partial charge on any atom is -0.435 e. The summed E-state index contributed by atoms with van der Waals surface area (Å²) in [5.41, 5.74) is -0.152. The number of urea groups is 1. The monoisotopic (exact) mass is 383 g/mol. The molecule has 1 N–H and O–H groups in total. The topological polar surface area (TPSA) is 79.0 Å². The summed E-state index contributed by atoms with van der Waals surface area (Å²) < 4.78 is 28.5. The van der Waals surface area contributed by atoms with Crippen LogP contribution < -0.4 is 10.1 Å². The first-order valence-corrected chi connectivity index (χ1v) is 8.52. The number of ether oxygens (including phenoxy) is 1. The second kappa shape index (κ2) is 8.32. The van der Waals surface area contributed by atoms with Crippen molar-refractivity contribution in [2.75, 3.05) is 13.6 Å². The fraction of sp³-hybridized carbons (Fsp3) is 0.500. The van der Waals surface area contributed by atoms with Gasteiger partial charge in [-0.2, -0.15) is 8.78 Å². The maximum Gasteiger partial charge on any atom is 0.387 e. The number of benzene rings is 1. The second-order valence-corrected chi connectivity index (χ2v) is 6.89. The number of nitrogens with one attached hydrogen (secondary N) is 1. The number of carbonyl (C=O) groups excluding carboxylic acids is 3. The third-order valence-corrected chi connectivity index (χ3v) is 4.21. The quantitative estimate of drug-likeness (QED) is 0.699. The van der Waals surface area contributed by atoms with E-state index in [1.807, 2.05) is 0 Å². The summed E-state index contributed by atoms with van der Waals surface area (Å²) in [6, 6.07) is 5.60. The van der Waals surface area contributed by atoms with Crippen LogP contribution in [-0.4, -0.2) is 53.4 Å². The van der Waals surface area contributed by atoms with Crippen molar-refractivity contribution in [3.05, 3.63) is 29.8 Å². The van der Waals surface area contributed by atoms with Crippen molar-refractivity contribution in [2.24, 2.45) is 0 Å². The summed E-state index contributed by atoms with van der Waals surface area (Å²) in [6.07, 6.45) is 0.542. The van der Waals surface area contributed by atoms with E-state index in [2.05, 4.69) is 10.1 Å². The third-order valence-electron chi connectivity index (χ3n) is 4.21. The smallest absolute Gasteiger partial charge is 0.387 e. The molecule has 148 valence electrons. The van der Waals surface area contributed by atoms with Crippen molar-refractivity contribution in [1.82, 2.24) is 15.1 Å². The molecular weight excluding hydrogens is 360 g/mol. The minimum absolute atomic E-state index is 0.0548. The molecule has 1 saturated heterocycles. The van der Waals surface area contributed by atoms with E-state index >= 15 is 0 Å². The molecule has 0 spiro atoms. The Labute approximate surface area is 156 Å². The van der Waals surface area contributed by atoms with Crippen molar-refractivity contribution in [3.8, 4) is 5.75 Å². The highest BCUT2D eigenvalue weighted by molar-refractivity contribution is 6.06. The normalized spacial score (nSPS) is 15.9. The van der Waals surface area contributed by atoms with Crippen LogP contribution in [0.25, 0.3) is 0 Å². The van der Waals surface area contributed by atoms with E-state index in [-0.39, 0.29) is 30.5 Å². The largest absolute Gasteiger partial charge is 0.435 e. The average molecular weight is 383 g/mol. The van der Waals surface area contributed by atoms with Crippen LogP contribution in [0.1, 0.15) is 32.3 Å². The molecule has 27 heavy (non-hydrogen) atoms. The van der Waals surface area contributed by atoms with Gasteiger partial charge in [-0.3, -0.25) is 14.5 Å². The van der Waals surface area contributed by atoms with Crippen molar-refractivity contribution >= 4 is 17.8 Å². The van der Waals surface area contributed by atoms with Gasteiger partial charge in [-0.1, -0.05) is 12.1 Å². The van der Waals surface area contributed by atoms with Crippen molar-refractivity contribution < 1.29 is 27.9 Å². The van der Waals surface area contributed by atoms with Crippen LogP contribution in [0.3, 0.4) is 0 Å². The zero-order chi connectivity index (χ0) is 20.2. The first-order valence-electron chi connectivity index (χ1n) is 8.52. The van der Waals surface area contributed by atoms with Gasteiger partial charge in [0, 0.05) is 26.6 Å². The lowest BCUT2D eigenvalue weighted by molar-refractivity contribution is -0.132. The highest BCUT2D eigenvalue weighted by Gasteiger charge is 2.43. The van der Waals surface area contributed by atoms with E-state index in [9.17, 15) is 23.2 Å². The lowest BCUT2D eigenvalue weighted by atomic mass is 10.1. The Morgan fingerprint density at radius 2 is 1.89 bits per heavy atom. The van der Waals surface area contributed by atoms with Crippen LogP contribution in [-0.2, 0) is 16.1 Å². The summed E-state index contributed by atoms with van der Waals surface area (Å²) in [5.74, 6) is -0.396. The number of alkyl halides is 2. The zero-order valence-electron chi connectivity index (χ0n) is 15.5. The number of hydrogen-bond donors (Lipinski definition) is 1. The van der Waals surface area contributed by atoms with Crippen LogP contribution >= 0.6 is 0 Å². The summed E-state index contributed by atoms with van der Waals surface area (Å²) in [4.78, 5) is 38.7. The molecule has 1 heterocycles. The average Bonchev–Trinajstić information content (AvgIpc) is 2.77. The van der Waals surface area contributed by atoms with E-state index in [1.165, 1.54) is 17.0 Å². The molecule has 0 unspecified atom stereocenters. The lowest BCUT2D eigenvalue weighted by Crippen LogP contribution is -2.40. The molecule has 2 rings (SSSR count). The molecule has 7 nitrogen and oxygen atoms in total. The second-order valence-electron chi connectivity index (χ2n) is 6.89. The molecule has 0 atom stereocenters. The summed E-state index contributed by atoms with van der Waals surface area (Å²) >= 11 is 0. The summed E-state index contributed by atoms with van der Waals surface area (Å²) in [7, 11) is 1.63. The first kappa shape index (κ1) is 20.6. The predicted molar refractivity (Wildman–Crippen MR) is 93.1 cm³/mol. The molecule has 0 bridgehead atoms. The van der Waals surface area contributed by atoms with Crippen LogP contribution in [0.4, 0.5) is 13.6 Å². The van der Waals surface area contributed by atoms with E-state index in [1.54, 1.807) is 33.0 Å². The molecular formula is C18H23F2N3O4. The van der Waals surface area contributed by atoms with E-state index in [4.69, 9.17) is 0 Å². The molecule has 0 saturated carbocycles. The van der Waals surface area contributed by atoms with Crippen LogP contribution in [0.15, 0.2) is 24.3 Å². The highest BCUT2D eigenvalue weighted by atomic mass is 19.3. The van der Waals surface area contributed by atoms with Gasteiger partial charge in [-0.15, -0.1) is 0 Å². The third kappa shape index (κ3) is 5.38. The number of nitrogens with zero attached hydrogens (tertiary/aromatic N) is 2. The Morgan fingerprint density at radius 1 is 1.26 bits per heavy atom. The number of halogens is 2. The molecule has 1 aliphatic rings. The number of imide groups is 1. The van der Waals surface area contributed by atoms with Gasteiger partial charge >= 0.3 is 12.6 Å². The van der Waals surface area contributed by atoms with Gasteiger partial charge < -0.3 is 15.0 Å². The fourth-order valence-electron chi connectivity index (χ4n) is 2.74. The van der Waals surface area contributed by atoms with Crippen molar-refractivity contribution in [3.63, 3.8) is 0 Å². The summed E-state index contributed by atoms with van der Waals surface area (Å²) in [5, 5.41) is 2.59. The van der Waals surface area contributed by atoms with Crippen LogP contribution in [0.2, 0.25) is 0 Å². The number of carbonyl (C=O) groups is 3. The Balaban J connectivity index is 1.79. The molecule has 0 radical (unpaired) electrons. The van der Waals surface area contributed by atoms with Gasteiger partial charge in [0.15, 0.2) is 0 Å². The molecule has 1 aromatic carbocycles. The van der Waals surface area contributed by atoms with Crippen LogP contribution in [0, 0.1) is 0 Å². The van der Waals surface area contributed by atoms with Crippen molar-refractivity contribution in [1.29, 1.82) is 0 Å². The highest BCUT2D eigenvalue weighted by Crippen LogP contribution is 2.18. The Kier molecular flexibility index (Phi) is 6.35. The number of rotatable bonds is 8. The Bertz CT molecular complexity index is 707. The molecule has 1 aliphatic heterocycles. The summed E-state index contributed by atoms with van der Waals surface area (Å²) in [6.45, 7) is 0.862. The fourth-order valence-corrected chi connectivity index (χ4v) is 2.74. The minimum atomic E-state index is -2.88. The van der Waals surface area contributed by atoms with E-state index in [0.717, 1.165) is 10.5 Å².